The van der Waals surface area contributed by atoms with E-state index in [1.165, 1.54) is 123 Å². The van der Waals surface area contributed by atoms with Crippen LogP contribution in [0.5, 0.6) is 11.5 Å². The fourth-order valence-electron chi connectivity index (χ4n) is 4.27. The second-order valence-corrected chi connectivity index (χ2v) is 12.1. The van der Waals surface area contributed by atoms with E-state index in [9.17, 15) is 0 Å². The fraction of sp³-hybridized carbons (Fsp3) is 0.800. The maximum Gasteiger partial charge on any atom is 0.136 e. The van der Waals surface area contributed by atoms with Gasteiger partial charge in [-0.3, -0.25) is 0 Å². The van der Waals surface area contributed by atoms with Crippen LogP contribution >= 0.6 is 45.2 Å². The van der Waals surface area contributed by atoms with Gasteiger partial charge in [0, 0.05) is 6.07 Å². The molecule has 0 spiro atoms. The summed E-state index contributed by atoms with van der Waals surface area (Å²) in [5, 5.41) is 0. The van der Waals surface area contributed by atoms with E-state index < -0.39 is 0 Å². The second-order valence-electron chi connectivity index (χ2n) is 9.77. The minimum Gasteiger partial charge on any atom is -0.492 e. The van der Waals surface area contributed by atoms with Crippen molar-refractivity contribution in [2.45, 2.75) is 142 Å². The van der Waals surface area contributed by atoms with Gasteiger partial charge in [0.25, 0.3) is 0 Å². The summed E-state index contributed by atoms with van der Waals surface area (Å²) >= 11 is 4.77. The van der Waals surface area contributed by atoms with E-state index in [0.29, 0.717) is 0 Å². The smallest absolute Gasteiger partial charge is 0.136 e. The first kappa shape index (κ1) is 32.3. The third-order valence-corrected chi connectivity index (χ3v) is 8.18. The van der Waals surface area contributed by atoms with Crippen molar-refractivity contribution in [2.75, 3.05) is 13.2 Å². The third-order valence-electron chi connectivity index (χ3n) is 6.50. The molecule has 1 aromatic carbocycles. The van der Waals surface area contributed by atoms with Gasteiger partial charge in [-0.05, 0) is 64.1 Å². The molecule has 4 heteroatoms. The Bertz CT molecular complexity index is 544. The summed E-state index contributed by atoms with van der Waals surface area (Å²) in [6.07, 6.45) is 27.1. The van der Waals surface area contributed by atoms with Crippen LogP contribution in [0.3, 0.4) is 0 Å². The number of halogens is 2. The summed E-state index contributed by atoms with van der Waals surface area (Å²) < 4.78 is 14.6. The first-order valence-corrected chi connectivity index (χ1v) is 16.6. The summed E-state index contributed by atoms with van der Waals surface area (Å²) in [7, 11) is 0. The lowest BCUT2D eigenvalue weighted by Crippen LogP contribution is -2.03. The van der Waals surface area contributed by atoms with Gasteiger partial charge < -0.3 is 9.47 Å². The van der Waals surface area contributed by atoms with E-state index >= 15 is 0 Å². The summed E-state index contributed by atoms with van der Waals surface area (Å²) in [5.74, 6) is 1.96. The molecule has 0 heterocycles. The molecule has 1 rings (SSSR count). The van der Waals surface area contributed by atoms with Crippen molar-refractivity contribution in [3.05, 3.63) is 19.3 Å². The van der Waals surface area contributed by atoms with Crippen LogP contribution in [-0.2, 0) is 0 Å². The van der Waals surface area contributed by atoms with Gasteiger partial charge in [-0.15, -0.1) is 0 Å². The van der Waals surface area contributed by atoms with Gasteiger partial charge in [-0.1, -0.05) is 129 Å². The van der Waals surface area contributed by atoms with Gasteiger partial charge in [0.2, 0.25) is 0 Å². The molecule has 0 bridgehead atoms. The Hall–Kier alpha value is 0.280. The molecule has 0 aromatic heterocycles. The van der Waals surface area contributed by atoms with E-state index in [1.807, 2.05) is 0 Å². The molecule has 0 aliphatic heterocycles. The largest absolute Gasteiger partial charge is 0.492 e. The highest BCUT2D eigenvalue weighted by molar-refractivity contribution is 14.1. The molecule has 0 aliphatic rings. The molecule has 0 amide bonds. The van der Waals surface area contributed by atoms with E-state index in [1.54, 1.807) is 0 Å². The number of ether oxygens (including phenoxy) is 2. The Morgan fingerprint density at radius 2 is 0.735 bits per heavy atom. The van der Waals surface area contributed by atoms with Crippen molar-refractivity contribution in [3.63, 3.8) is 0 Å². The molecular formula is C30H52I2O2. The van der Waals surface area contributed by atoms with Crippen LogP contribution in [0.15, 0.2) is 12.1 Å². The van der Waals surface area contributed by atoms with Gasteiger partial charge >= 0.3 is 0 Å². The number of benzene rings is 1. The highest BCUT2D eigenvalue weighted by Gasteiger charge is 2.09. The van der Waals surface area contributed by atoms with Crippen LogP contribution in [0.25, 0.3) is 0 Å². The van der Waals surface area contributed by atoms with E-state index in [-0.39, 0.29) is 0 Å². The number of rotatable bonds is 24. The molecule has 1 aromatic rings. The monoisotopic (exact) mass is 698 g/mol. The van der Waals surface area contributed by atoms with Crippen molar-refractivity contribution >= 4 is 45.2 Å². The molecule has 2 nitrogen and oxygen atoms in total. The van der Waals surface area contributed by atoms with Crippen LogP contribution in [0.1, 0.15) is 142 Å². The van der Waals surface area contributed by atoms with Gasteiger partial charge in [-0.2, -0.15) is 0 Å². The predicted octanol–water partition coefficient (Wildman–Crippen LogP) is 11.5. The first-order valence-electron chi connectivity index (χ1n) is 14.4. The lowest BCUT2D eigenvalue weighted by molar-refractivity contribution is 0.287. The number of hydrogen-bond donors (Lipinski definition) is 0. The Morgan fingerprint density at radius 1 is 0.441 bits per heavy atom. The second kappa shape index (κ2) is 23.7. The molecule has 0 saturated heterocycles. The Balaban J connectivity index is 2.11. The number of hydrogen-bond acceptors (Lipinski definition) is 2. The highest BCUT2D eigenvalue weighted by atomic mass is 127. The maximum absolute atomic E-state index is 6.12. The summed E-state index contributed by atoms with van der Waals surface area (Å²) in [6.45, 7) is 6.19. The van der Waals surface area contributed by atoms with Gasteiger partial charge in [0.1, 0.15) is 11.5 Å². The minimum absolute atomic E-state index is 0.810. The van der Waals surface area contributed by atoms with E-state index in [2.05, 4.69) is 71.2 Å². The van der Waals surface area contributed by atoms with Crippen LogP contribution in [0.4, 0.5) is 0 Å². The van der Waals surface area contributed by atoms with Crippen molar-refractivity contribution in [2.24, 2.45) is 0 Å². The summed E-state index contributed by atoms with van der Waals surface area (Å²) in [6, 6.07) is 4.29. The van der Waals surface area contributed by atoms with Crippen LogP contribution in [0.2, 0.25) is 0 Å². The zero-order valence-corrected chi connectivity index (χ0v) is 26.6. The molecule has 0 unspecified atom stereocenters. The summed E-state index contributed by atoms with van der Waals surface area (Å²) in [5.41, 5.74) is 0. The molecule has 198 valence electrons. The maximum atomic E-state index is 6.12. The Kier molecular flexibility index (Phi) is 22.5. The molecule has 0 fully saturated rings. The molecule has 0 aliphatic carbocycles. The SMILES string of the molecule is CCCCCCCCCCCCOc1cc(OCCCCCCCCCCCC)c(I)cc1I. The van der Waals surface area contributed by atoms with Crippen molar-refractivity contribution in [3.8, 4) is 11.5 Å². The highest BCUT2D eigenvalue weighted by Crippen LogP contribution is 2.32. The molecule has 34 heavy (non-hydrogen) atoms. The lowest BCUT2D eigenvalue weighted by Gasteiger charge is -2.13. The van der Waals surface area contributed by atoms with Gasteiger partial charge in [-0.25, -0.2) is 0 Å². The van der Waals surface area contributed by atoms with Crippen molar-refractivity contribution in [1.29, 1.82) is 0 Å². The molecular weight excluding hydrogens is 646 g/mol. The molecule has 0 saturated carbocycles. The zero-order chi connectivity index (χ0) is 24.7. The first-order chi connectivity index (χ1) is 16.7. The van der Waals surface area contributed by atoms with Gasteiger partial charge in [0.05, 0.1) is 20.4 Å². The van der Waals surface area contributed by atoms with Gasteiger partial charge in [0.15, 0.2) is 0 Å². The predicted molar refractivity (Wildman–Crippen MR) is 167 cm³/mol. The Morgan fingerprint density at radius 3 is 1.06 bits per heavy atom. The topological polar surface area (TPSA) is 18.5 Å². The minimum atomic E-state index is 0.810. The lowest BCUT2D eigenvalue weighted by atomic mass is 10.1. The number of unbranched alkanes of at least 4 members (excludes halogenated alkanes) is 18. The fourth-order valence-corrected chi connectivity index (χ4v) is 6.12. The standard InChI is InChI=1S/C30H52I2O2/c1-3-5-7-9-11-13-15-17-19-21-23-33-29-26-30(28(32)25-27(29)31)34-24-22-20-18-16-14-12-10-8-6-4-2/h25-26H,3-24H2,1-2H3. The van der Waals surface area contributed by atoms with E-state index in [0.717, 1.165) is 37.6 Å². The normalized spacial score (nSPS) is 11.2. The van der Waals surface area contributed by atoms with Crippen LogP contribution in [0, 0.1) is 7.14 Å². The molecule has 0 N–H and O–H groups in total. The third kappa shape index (κ3) is 17.7. The molecule has 0 atom stereocenters. The summed E-state index contributed by atoms with van der Waals surface area (Å²) in [4.78, 5) is 0. The van der Waals surface area contributed by atoms with Crippen molar-refractivity contribution in [1.82, 2.24) is 0 Å². The van der Waals surface area contributed by atoms with Crippen LogP contribution < -0.4 is 9.47 Å². The quantitative estimate of drug-likeness (QED) is 0.0791. The van der Waals surface area contributed by atoms with Crippen LogP contribution in [-0.4, -0.2) is 13.2 Å². The Labute approximate surface area is 239 Å². The zero-order valence-electron chi connectivity index (χ0n) is 22.3. The average Bonchev–Trinajstić information content (AvgIpc) is 2.83. The van der Waals surface area contributed by atoms with Crippen molar-refractivity contribution < 1.29 is 9.47 Å². The van der Waals surface area contributed by atoms with E-state index in [4.69, 9.17) is 9.47 Å². The molecule has 0 radical (unpaired) electrons. The average molecular weight is 699 g/mol.